The second-order valence-electron chi connectivity index (χ2n) is 4.09. The van der Waals surface area contributed by atoms with E-state index in [4.69, 9.17) is 0 Å². The van der Waals surface area contributed by atoms with Crippen molar-refractivity contribution < 1.29 is 4.79 Å². The molecule has 1 fully saturated rings. The van der Waals surface area contributed by atoms with Crippen molar-refractivity contribution in [3.8, 4) is 0 Å². The standard InChI is InChI=1S/C13H15NO/c1-3-12(15)14-13(8-9-13)11-7-5-4-6-10(11)2/h3-7H,1,8-9H2,2H3,(H,14,15). The lowest BCUT2D eigenvalue weighted by molar-refractivity contribution is -0.117. The largest absolute Gasteiger partial charge is 0.343 e. The molecule has 1 aliphatic carbocycles. The summed E-state index contributed by atoms with van der Waals surface area (Å²) in [6.45, 7) is 5.56. The van der Waals surface area contributed by atoms with E-state index >= 15 is 0 Å². The lowest BCUT2D eigenvalue weighted by Gasteiger charge is -2.18. The number of carbonyl (C=O) groups excluding carboxylic acids is 1. The Morgan fingerprint density at radius 2 is 2.13 bits per heavy atom. The van der Waals surface area contributed by atoms with E-state index in [0.717, 1.165) is 12.8 Å². The van der Waals surface area contributed by atoms with Crippen LogP contribution in [-0.4, -0.2) is 5.91 Å². The molecule has 0 aliphatic heterocycles. The number of hydrogen-bond acceptors (Lipinski definition) is 1. The Labute approximate surface area is 90.0 Å². The minimum atomic E-state index is -0.114. The molecule has 0 spiro atoms. The molecule has 0 atom stereocenters. The molecular weight excluding hydrogens is 186 g/mol. The first-order valence-electron chi connectivity index (χ1n) is 5.19. The van der Waals surface area contributed by atoms with E-state index in [0.29, 0.717) is 0 Å². The van der Waals surface area contributed by atoms with Crippen LogP contribution in [0.4, 0.5) is 0 Å². The van der Waals surface area contributed by atoms with Gasteiger partial charge in [0.05, 0.1) is 5.54 Å². The summed E-state index contributed by atoms with van der Waals surface area (Å²) in [4.78, 5) is 11.3. The van der Waals surface area contributed by atoms with Gasteiger partial charge in [-0.3, -0.25) is 4.79 Å². The highest BCUT2D eigenvalue weighted by Crippen LogP contribution is 2.46. The minimum Gasteiger partial charge on any atom is -0.343 e. The second kappa shape index (κ2) is 3.54. The average molecular weight is 201 g/mol. The summed E-state index contributed by atoms with van der Waals surface area (Å²) in [5, 5.41) is 3.02. The molecule has 0 heterocycles. The Bertz CT molecular complexity index is 405. The van der Waals surface area contributed by atoms with Crippen LogP contribution in [0.1, 0.15) is 24.0 Å². The normalized spacial score (nSPS) is 16.9. The van der Waals surface area contributed by atoms with E-state index in [9.17, 15) is 4.79 Å². The van der Waals surface area contributed by atoms with Gasteiger partial charge in [-0.15, -0.1) is 0 Å². The zero-order valence-corrected chi connectivity index (χ0v) is 8.92. The number of nitrogens with one attached hydrogen (secondary N) is 1. The van der Waals surface area contributed by atoms with Crippen LogP contribution in [0.25, 0.3) is 0 Å². The molecule has 0 radical (unpaired) electrons. The fourth-order valence-electron chi connectivity index (χ4n) is 1.98. The lowest BCUT2D eigenvalue weighted by Crippen LogP contribution is -2.33. The third kappa shape index (κ3) is 1.80. The van der Waals surface area contributed by atoms with Crippen molar-refractivity contribution in [2.75, 3.05) is 0 Å². The van der Waals surface area contributed by atoms with Gasteiger partial charge in [0.1, 0.15) is 0 Å². The van der Waals surface area contributed by atoms with Gasteiger partial charge in [-0.05, 0) is 37.0 Å². The molecule has 0 aromatic heterocycles. The Morgan fingerprint density at radius 3 is 2.67 bits per heavy atom. The molecule has 2 heteroatoms. The van der Waals surface area contributed by atoms with Gasteiger partial charge in [0.2, 0.25) is 5.91 Å². The van der Waals surface area contributed by atoms with Crippen LogP contribution < -0.4 is 5.32 Å². The van der Waals surface area contributed by atoms with Crippen molar-refractivity contribution >= 4 is 5.91 Å². The number of aryl methyl sites for hydroxylation is 1. The van der Waals surface area contributed by atoms with E-state index in [-0.39, 0.29) is 11.4 Å². The van der Waals surface area contributed by atoms with Crippen LogP contribution in [0.5, 0.6) is 0 Å². The van der Waals surface area contributed by atoms with Gasteiger partial charge >= 0.3 is 0 Å². The van der Waals surface area contributed by atoms with Gasteiger partial charge in [0.25, 0.3) is 0 Å². The predicted molar refractivity (Wildman–Crippen MR) is 60.4 cm³/mol. The molecule has 2 rings (SSSR count). The van der Waals surface area contributed by atoms with E-state index in [1.54, 1.807) is 0 Å². The van der Waals surface area contributed by atoms with Crippen molar-refractivity contribution in [3.63, 3.8) is 0 Å². The Morgan fingerprint density at radius 1 is 1.47 bits per heavy atom. The maximum absolute atomic E-state index is 11.3. The van der Waals surface area contributed by atoms with Crippen LogP contribution in [0.15, 0.2) is 36.9 Å². The topological polar surface area (TPSA) is 29.1 Å². The van der Waals surface area contributed by atoms with Crippen LogP contribution in [0.2, 0.25) is 0 Å². The molecule has 1 aromatic carbocycles. The summed E-state index contributed by atoms with van der Waals surface area (Å²) < 4.78 is 0. The second-order valence-corrected chi connectivity index (χ2v) is 4.09. The van der Waals surface area contributed by atoms with Crippen molar-refractivity contribution in [2.45, 2.75) is 25.3 Å². The molecule has 1 aromatic rings. The zero-order valence-electron chi connectivity index (χ0n) is 8.92. The van der Waals surface area contributed by atoms with Crippen molar-refractivity contribution in [3.05, 3.63) is 48.0 Å². The summed E-state index contributed by atoms with van der Waals surface area (Å²) in [6, 6.07) is 8.20. The Hall–Kier alpha value is -1.57. The molecule has 1 N–H and O–H groups in total. The number of benzene rings is 1. The molecule has 0 unspecified atom stereocenters. The Balaban J connectivity index is 2.27. The average Bonchev–Trinajstić information content (AvgIpc) is 2.99. The number of carbonyl (C=O) groups is 1. The van der Waals surface area contributed by atoms with E-state index < -0.39 is 0 Å². The van der Waals surface area contributed by atoms with Crippen molar-refractivity contribution in [1.82, 2.24) is 5.32 Å². The lowest BCUT2D eigenvalue weighted by atomic mass is 9.99. The molecular formula is C13H15NO. The highest BCUT2D eigenvalue weighted by atomic mass is 16.1. The van der Waals surface area contributed by atoms with Gasteiger partial charge in [0.15, 0.2) is 0 Å². The molecule has 0 bridgehead atoms. The molecule has 78 valence electrons. The van der Waals surface area contributed by atoms with Crippen molar-refractivity contribution in [2.24, 2.45) is 0 Å². The maximum atomic E-state index is 11.3. The zero-order chi connectivity index (χ0) is 10.9. The third-order valence-electron chi connectivity index (χ3n) is 2.96. The maximum Gasteiger partial charge on any atom is 0.244 e. The van der Waals surface area contributed by atoms with Gasteiger partial charge < -0.3 is 5.32 Å². The number of rotatable bonds is 3. The number of amides is 1. The van der Waals surface area contributed by atoms with Crippen LogP contribution in [0.3, 0.4) is 0 Å². The van der Waals surface area contributed by atoms with Crippen LogP contribution >= 0.6 is 0 Å². The van der Waals surface area contributed by atoms with E-state index in [1.165, 1.54) is 17.2 Å². The first-order chi connectivity index (χ1) is 7.18. The Kier molecular flexibility index (Phi) is 2.35. The highest BCUT2D eigenvalue weighted by molar-refractivity contribution is 5.88. The molecule has 1 amide bonds. The molecule has 15 heavy (non-hydrogen) atoms. The predicted octanol–water partition coefficient (Wildman–Crippen LogP) is 2.29. The van der Waals surface area contributed by atoms with Gasteiger partial charge in [-0.1, -0.05) is 30.8 Å². The quantitative estimate of drug-likeness (QED) is 0.747. The smallest absolute Gasteiger partial charge is 0.244 e. The minimum absolute atomic E-state index is 0.0873. The van der Waals surface area contributed by atoms with Gasteiger partial charge in [-0.2, -0.15) is 0 Å². The first-order valence-corrected chi connectivity index (χ1v) is 5.19. The van der Waals surface area contributed by atoms with Crippen molar-refractivity contribution in [1.29, 1.82) is 0 Å². The first kappa shape index (κ1) is 9.97. The fraction of sp³-hybridized carbons (Fsp3) is 0.308. The van der Waals surface area contributed by atoms with Gasteiger partial charge in [0, 0.05) is 0 Å². The molecule has 1 aliphatic rings. The van der Waals surface area contributed by atoms with E-state index in [2.05, 4.69) is 31.0 Å². The summed E-state index contributed by atoms with van der Waals surface area (Å²) >= 11 is 0. The number of hydrogen-bond donors (Lipinski definition) is 1. The molecule has 0 saturated heterocycles. The van der Waals surface area contributed by atoms with Crippen LogP contribution in [-0.2, 0) is 10.3 Å². The molecule has 1 saturated carbocycles. The summed E-state index contributed by atoms with van der Waals surface area (Å²) in [7, 11) is 0. The SMILES string of the molecule is C=CC(=O)NC1(c2ccccc2C)CC1. The third-order valence-corrected chi connectivity index (χ3v) is 2.96. The molecule has 2 nitrogen and oxygen atoms in total. The fourth-order valence-corrected chi connectivity index (χ4v) is 1.98. The summed E-state index contributed by atoms with van der Waals surface area (Å²) in [5.41, 5.74) is 2.36. The monoisotopic (exact) mass is 201 g/mol. The van der Waals surface area contributed by atoms with E-state index in [1.807, 2.05) is 12.1 Å². The highest BCUT2D eigenvalue weighted by Gasteiger charge is 2.45. The van der Waals surface area contributed by atoms with Crippen LogP contribution in [0, 0.1) is 6.92 Å². The summed E-state index contributed by atoms with van der Waals surface area (Å²) in [5.74, 6) is -0.0873. The van der Waals surface area contributed by atoms with Gasteiger partial charge in [-0.25, -0.2) is 0 Å². The summed E-state index contributed by atoms with van der Waals surface area (Å²) in [6.07, 6.45) is 3.38.